The van der Waals surface area contributed by atoms with Gasteiger partial charge in [0.15, 0.2) is 4.77 Å². The Morgan fingerprint density at radius 3 is 2.81 bits per heavy atom. The van der Waals surface area contributed by atoms with Crippen molar-refractivity contribution >= 4 is 12.2 Å². The van der Waals surface area contributed by atoms with Crippen molar-refractivity contribution in [2.24, 2.45) is 0 Å². The highest BCUT2D eigenvalue weighted by molar-refractivity contribution is 7.71. The smallest absolute Gasteiger partial charge is 0.177 e. The highest BCUT2D eigenvalue weighted by Gasteiger charge is 2.10. The lowest BCUT2D eigenvalue weighted by Crippen LogP contribution is -2.38. The van der Waals surface area contributed by atoms with Crippen LogP contribution in [0.15, 0.2) is 6.20 Å². The largest absolute Gasteiger partial charge is 0.379 e. The van der Waals surface area contributed by atoms with E-state index in [1.165, 1.54) is 5.69 Å². The molecule has 1 aliphatic heterocycles. The van der Waals surface area contributed by atoms with Crippen molar-refractivity contribution in [1.29, 1.82) is 0 Å². The van der Waals surface area contributed by atoms with Crippen LogP contribution in [0.5, 0.6) is 0 Å². The third-order valence-electron chi connectivity index (χ3n) is 3.06. The number of aromatic nitrogens is 2. The summed E-state index contributed by atoms with van der Waals surface area (Å²) < 4.78 is 8.37. The molecule has 1 aromatic rings. The van der Waals surface area contributed by atoms with Crippen molar-refractivity contribution < 1.29 is 4.74 Å². The molecule has 0 amide bonds. The molecule has 1 aromatic heterocycles. The van der Waals surface area contributed by atoms with Gasteiger partial charge in [-0.15, -0.1) is 0 Å². The van der Waals surface area contributed by atoms with Gasteiger partial charge < -0.3 is 14.3 Å². The Labute approximate surface area is 101 Å². The summed E-state index contributed by atoms with van der Waals surface area (Å²) in [6.07, 6.45) is 3.04. The fourth-order valence-corrected chi connectivity index (χ4v) is 2.30. The third-order valence-corrected chi connectivity index (χ3v) is 3.40. The number of aryl methyl sites for hydroxylation is 1. The summed E-state index contributed by atoms with van der Waals surface area (Å²) >= 11 is 5.27. The SMILES string of the molecule is CCc1c[nH]c(=S)n1CCN1CCOCC1. The topological polar surface area (TPSA) is 33.2 Å². The molecule has 0 bridgehead atoms. The Bertz CT molecular complexity index is 379. The lowest BCUT2D eigenvalue weighted by Gasteiger charge is -2.26. The maximum Gasteiger partial charge on any atom is 0.177 e. The maximum absolute atomic E-state index is 5.33. The number of hydrogen-bond donors (Lipinski definition) is 1. The fraction of sp³-hybridized carbons (Fsp3) is 0.727. The van der Waals surface area contributed by atoms with Gasteiger partial charge in [-0.2, -0.15) is 0 Å². The Morgan fingerprint density at radius 2 is 2.12 bits per heavy atom. The molecule has 5 heteroatoms. The standard InChI is InChI=1S/C11H19N3OS/c1-2-10-9-12-11(16)14(10)4-3-13-5-7-15-8-6-13/h9H,2-8H2,1H3,(H,12,16). The second-order valence-corrected chi connectivity index (χ2v) is 4.43. The van der Waals surface area contributed by atoms with Gasteiger partial charge in [-0.05, 0) is 18.6 Å². The molecule has 0 aliphatic carbocycles. The van der Waals surface area contributed by atoms with E-state index in [-0.39, 0.29) is 0 Å². The minimum atomic E-state index is 0.838. The minimum absolute atomic E-state index is 0.838. The Balaban J connectivity index is 1.93. The van der Waals surface area contributed by atoms with E-state index in [2.05, 4.69) is 21.4 Å². The summed E-state index contributed by atoms with van der Waals surface area (Å²) in [6, 6.07) is 0. The lowest BCUT2D eigenvalue weighted by atomic mass is 10.3. The molecule has 0 unspecified atom stereocenters. The number of nitrogens with one attached hydrogen (secondary N) is 1. The van der Waals surface area contributed by atoms with E-state index in [1.807, 2.05) is 6.20 Å². The minimum Gasteiger partial charge on any atom is -0.379 e. The molecule has 0 radical (unpaired) electrons. The summed E-state index contributed by atoms with van der Waals surface area (Å²) in [5.41, 5.74) is 1.29. The first kappa shape index (κ1) is 11.8. The number of ether oxygens (including phenoxy) is 1. The second kappa shape index (κ2) is 5.61. The van der Waals surface area contributed by atoms with E-state index >= 15 is 0 Å². The average molecular weight is 241 g/mol. The van der Waals surface area contributed by atoms with Crippen LogP contribution in [0.3, 0.4) is 0 Å². The molecular formula is C11H19N3OS. The molecule has 0 saturated carbocycles. The number of imidazole rings is 1. The number of morpholine rings is 1. The number of H-pyrrole nitrogens is 1. The summed E-state index contributed by atoms with van der Waals surface area (Å²) in [4.78, 5) is 5.54. The van der Waals surface area contributed by atoms with Crippen LogP contribution < -0.4 is 0 Å². The molecule has 16 heavy (non-hydrogen) atoms. The molecule has 0 aromatic carbocycles. The van der Waals surface area contributed by atoms with E-state index in [0.717, 1.165) is 50.6 Å². The zero-order valence-corrected chi connectivity index (χ0v) is 10.6. The zero-order chi connectivity index (χ0) is 11.4. The summed E-state index contributed by atoms with van der Waals surface area (Å²) in [5.74, 6) is 0. The van der Waals surface area contributed by atoms with Crippen LogP contribution in [-0.4, -0.2) is 47.3 Å². The van der Waals surface area contributed by atoms with E-state index in [1.54, 1.807) is 0 Å². The molecule has 0 spiro atoms. The molecule has 1 saturated heterocycles. The van der Waals surface area contributed by atoms with Crippen molar-refractivity contribution in [2.75, 3.05) is 32.8 Å². The zero-order valence-electron chi connectivity index (χ0n) is 9.74. The van der Waals surface area contributed by atoms with Crippen LogP contribution in [0.4, 0.5) is 0 Å². The van der Waals surface area contributed by atoms with Gasteiger partial charge in [0.2, 0.25) is 0 Å². The third kappa shape index (κ3) is 2.72. The van der Waals surface area contributed by atoms with Crippen molar-refractivity contribution in [3.05, 3.63) is 16.7 Å². The van der Waals surface area contributed by atoms with Gasteiger partial charge in [-0.1, -0.05) is 6.92 Å². The van der Waals surface area contributed by atoms with Crippen LogP contribution in [0.2, 0.25) is 0 Å². The predicted octanol–water partition coefficient (Wildman–Crippen LogP) is 1.44. The quantitative estimate of drug-likeness (QED) is 0.810. The summed E-state index contributed by atoms with van der Waals surface area (Å²) in [5, 5.41) is 0. The van der Waals surface area contributed by atoms with Gasteiger partial charge in [-0.25, -0.2) is 0 Å². The van der Waals surface area contributed by atoms with Gasteiger partial charge in [0.25, 0.3) is 0 Å². The molecule has 4 nitrogen and oxygen atoms in total. The Kier molecular flexibility index (Phi) is 4.15. The van der Waals surface area contributed by atoms with E-state index in [0.29, 0.717) is 0 Å². The van der Waals surface area contributed by atoms with Crippen LogP contribution in [0.1, 0.15) is 12.6 Å². The van der Waals surface area contributed by atoms with E-state index in [4.69, 9.17) is 17.0 Å². The maximum atomic E-state index is 5.33. The van der Waals surface area contributed by atoms with Crippen LogP contribution in [0, 0.1) is 4.77 Å². The van der Waals surface area contributed by atoms with Crippen LogP contribution in [0.25, 0.3) is 0 Å². The van der Waals surface area contributed by atoms with E-state index < -0.39 is 0 Å². The molecule has 2 rings (SSSR count). The first-order chi connectivity index (χ1) is 7.81. The molecule has 90 valence electrons. The molecular weight excluding hydrogens is 222 g/mol. The predicted molar refractivity (Wildman–Crippen MR) is 66.3 cm³/mol. The summed E-state index contributed by atoms with van der Waals surface area (Å²) in [7, 11) is 0. The second-order valence-electron chi connectivity index (χ2n) is 4.04. The highest BCUT2D eigenvalue weighted by Crippen LogP contribution is 2.04. The van der Waals surface area contributed by atoms with E-state index in [9.17, 15) is 0 Å². The Hall–Kier alpha value is -0.650. The van der Waals surface area contributed by atoms with Crippen LogP contribution in [-0.2, 0) is 17.7 Å². The van der Waals surface area contributed by atoms with Gasteiger partial charge in [-0.3, -0.25) is 4.90 Å². The first-order valence-electron chi connectivity index (χ1n) is 5.88. The molecule has 1 aliphatic rings. The number of aromatic amines is 1. The van der Waals surface area contributed by atoms with Crippen molar-refractivity contribution in [2.45, 2.75) is 19.9 Å². The number of nitrogens with zero attached hydrogens (tertiary/aromatic N) is 2. The average Bonchev–Trinajstić information content (AvgIpc) is 2.69. The highest BCUT2D eigenvalue weighted by atomic mass is 32.1. The van der Waals surface area contributed by atoms with Crippen molar-refractivity contribution in [1.82, 2.24) is 14.5 Å². The lowest BCUT2D eigenvalue weighted by molar-refractivity contribution is 0.0362. The number of hydrogen-bond acceptors (Lipinski definition) is 3. The van der Waals surface area contributed by atoms with Gasteiger partial charge in [0.1, 0.15) is 0 Å². The van der Waals surface area contributed by atoms with Gasteiger partial charge in [0.05, 0.1) is 13.2 Å². The summed E-state index contributed by atoms with van der Waals surface area (Å²) in [6.45, 7) is 7.99. The monoisotopic (exact) mass is 241 g/mol. The van der Waals surface area contributed by atoms with Crippen molar-refractivity contribution in [3.8, 4) is 0 Å². The van der Waals surface area contributed by atoms with Gasteiger partial charge >= 0.3 is 0 Å². The fourth-order valence-electron chi connectivity index (χ4n) is 2.04. The molecule has 1 N–H and O–H groups in total. The van der Waals surface area contributed by atoms with Crippen molar-refractivity contribution in [3.63, 3.8) is 0 Å². The molecule has 2 heterocycles. The first-order valence-corrected chi connectivity index (χ1v) is 6.29. The molecule has 0 atom stereocenters. The number of rotatable bonds is 4. The molecule has 1 fully saturated rings. The van der Waals surface area contributed by atoms with Crippen LogP contribution >= 0.6 is 12.2 Å². The normalized spacial score (nSPS) is 17.8. The van der Waals surface area contributed by atoms with Gasteiger partial charge in [0, 0.05) is 38.1 Å². The Morgan fingerprint density at radius 1 is 1.38 bits per heavy atom.